The molecule has 0 aromatic heterocycles. The molecule has 1 unspecified atom stereocenters. The maximum atomic E-state index is 13.6. The molecule has 50 heteroatoms. The molecule has 3 aliphatic rings. The molecule has 0 saturated heterocycles. The van der Waals surface area contributed by atoms with Crippen LogP contribution in [0.4, 0.5) is 19.2 Å². The number of hydrogen-bond acceptors (Lipinski definition) is 28. The fraction of sp³-hybridized carbons (Fsp3) is 0.576. The first kappa shape index (κ1) is 125. The maximum Gasteiger partial charge on any atom is 0.314 e. The fourth-order valence-corrected chi connectivity index (χ4v) is 21.4. The highest BCUT2D eigenvalue weighted by atomic mass is 35.5. The van der Waals surface area contributed by atoms with Crippen LogP contribution in [0.15, 0.2) is 124 Å². The van der Waals surface area contributed by atoms with Crippen LogP contribution in [-0.4, -0.2) is 384 Å². The molecule has 830 valence electrons. The second-order valence-electron chi connectivity index (χ2n) is 35.1. The van der Waals surface area contributed by atoms with Crippen molar-refractivity contribution in [2.45, 2.75) is 78.1 Å². The van der Waals surface area contributed by atoms with E-state index in [1.165, 1.54) is 15.9 Å². The smallest absolute Gasteiger partial charge is 0.314 e. The lowest BCUT2D eigenvalue weighted by molar-refractivity contribution is -0.133. The minimum Gasteiger partial charge on any atom is -0.379 e. The van der Waals surface area contributed by atoms with Crippen molar-refractivity contribution in [2.75, 3.05) is 304 Å². The fourth-order valence-electron chi connectivity index (χ4n) is 16.5. The Bertz CT molecular complexity index is 5300. The third kappa shape index (κ3) is 46.4. The number of rotatable bonds is 74. The molecule has 41 nitrogen and oxygen atoms in total. The summed E-state index contributed by atoms with van der Waals surface area (Å²) in [5.41, 5.74) is 13.8. The summed E-state index contributed by atoms with van der Waals surface area (Å²) in [6.07, 6.45) is 1.61. The Morgan fingerprint density at radius 1 is 0.329 bits per heavy atom. The maximum absolute atomic E-state index is 13.6. The number of urea groups is 4. The van der Waals surface area contributed by atoms with Gasteiger partial charge in [0.2, 0.25) is 41.9 Å². The van der Waals surface area contributed by atoms with Crippen LogP contribution < -0.4 is 62.4 Å². The summed E-state index contributed by atoms with van der Waals surface area (Å²) in [4.78, 5) is 85.8. The number of nitrogens with two attached hydrogens (primary N) is 1. The SMILES string of the molecule is CC1Cc2c(Cl)cc(Cl)cc2[C@H](c2cccc(S(=O)(=O)NCCOCCOCCNC(=O)NCCN(CCNC(=O)NCCOCCOCCNS(=O)(=O)c3cccc([C@@H]4CN(C)Cc5c(Cl)cc(Cl)cc54)c3)C(=O)CCOCCOCCOCCOCCOCCC(=O)N(CCNC(=O)NCCOCCOCCN)CCNC(=O)NCCOCCOCCNS(=O)(=O)c3cccc([C@@H]4CN(C)Cc5c(Cl)cc(Cl)cc54)c3)c2)C1. The predicted molar refractivity (Wildman–Crippen MR) is 568 cm³/mol. The van der Waals surface area contributed by atoms with Gasteiger partial charge in [-0.1, -0.05) is 113 Å². The molecule has 0 fully saturated rings. The highest BCUT2D eigenvalue weighted by Gasteiger charge is 2.34. The van der Waals surface area contributed by atoms with E-state index in [2.05, 4.69) is 73.4 Å². The minimum absolute atomic E-state index is 0.00421. The number of ether oxygens (including phenoxy) is 13. The van der Waals surface area contributed by atoms with Crippen LogP contribution in [0.2, 0.25) is 30.1 Å². The van der Waals surface area contributed by atoms with Crippen molar-refractivity contribution in [3.63, 3.8) is 0 Å². The molecule has 9 rings (SSSR count). The topological polar surface area (TPSA) is 496 Å². The van der Waals surface area contributed by atoms with Crippen molar-refractivity contribution in [1.29, 1.82) is 0 Å². The average molecular weight is 2270 g/mol. The zero-order valence-electron chi connectivity index (χ0n) is 84.6. The van der Waals surface area contributed by atoms with Gasteiger partial charge in [-0.3, -0.25) is 9.59 Å². The van der Waals surface area contributed by atoms with Gasteiger partial charge in [0.15, 0.2) is 0 Å². The summed E-state index contributed by atoms with van der Waals surface area (Å²) in [5.74, 6) is -0.614. The van der Waals surface area contributed by atoms with Crippen molar-refractivity contribution in [3.8, 4) is 0 Å². The van der Waals surface area contributed by atoms with E-state index >= 15 is 0 Å². The van der Waals surface area contributed by atoms with Crippen LogP contribution in [0.5, 0.6) is 0 Å². The first-order valence-electron chi connectivity index (χ1n) is 49.8. The second kappa shape index (κ2) is 69.1. The molecule has 6 aromatic rings. The molecule has 4 atom stereocenters. The number of amides is 10. The molecule has 1 aliphatic carbocycles. The number of carbonyl (C=O) groups is 6. The molecule has 6 aromatic carbocycles. The highest BCUT2D eigenvalue weighted by Crippen LogP contribution is 2.45. The van der Waals surface area contributed by atoms with Crippen LogP contribution in [-0.2, 0) is 121 Å². The largest absolute Gasteiger partial charge is 0.379 e. The Balaban J connectivity index is 0.604. The summed E-state index contributed by atoms with van der Waals surface area (Å²) in [6.45, 7) is 11.6. The molecule has 149 heavy (non-hydrogen) atoms. The average Bonchev–Trinajstić information content (AvgIpc) is 0.778. The number of nitrogens with one attached hydrogen (secondary N) is 11. The van der Waals surface area contributed by atoms with Crippen molar-refractivity contribution >= 4 is 136 Å². The second-order valence-corrected chi connectivity index (χ2v) is 42.9. The number of benzene rings is 6. The molecule has 13 N–H and O–H groups in total. The van der Waals surface area contributed by atoms with E-state index in [-0.39, 0.29) is 307 Å². The predicted octanol–water partition coefficient (Wildman–Crippen LogP) is 7.52. The van der Waals surface area contributed by atoms with Crippen molar-refractivity contribution in [1.82, 2.24) is 76.3 Å². The number of carbonyl (C=O) groups excluding carboxylic acids is 6. The van der Waals surface area contributed by atoms with Gasteiger partial charge in [-0.15, -0.1) is 0 Å². The molecule has 2 aliphatic heterocycles. The molecule has 10 amide bonds. The van der Waals surface area contributed by atoms with Crippen LogP contribution in [0.25, 0.3) is 0 Å². The van der Waals surface area contributed by atoms with Crippen molar-refractivity contribution in [2.24, 2.45) is 11.7 Å². The van der Waals surface area contributed by atoms with Gasteiger partial charge >= 0.3 is 24.1 Å². The Morgan fingerprint density at radius 2 is 0.584 bits per heavy atom. The lowest BCUT2D eigenvalue weighted by Gasteiger charge is -2.33. The van der Waals surface area contributed by atoms with E-state index in [1.807, 2.05) is 50.5 Å². The molecule has 0 saturated carbocycles. The Labute approximate surface area is 904 Å². The van der Waals surface area contributed by atoms with Gasteiger partial charge in [-0.25, -0.2) is 58.6 Å². The van der Waals surface area contributed by atoms with Gasteiger partial charge in [0.05, 0.1) is 199 Å². The normalized spacial score (nSPS) is 15.3. The Kier molecular flexibility index (Phi) is 57.8. The molecule has 0 bridgehead atoms. The third-order valence-corrected chi connectivity index (χ3v) is 29.8. The molecule has 2 heterocycles. The quantitative estimate of drug-likeness (QED) is 0.0164. The molecule has 0 radical (unpaired) electrons. The Hall–Kier alpha value is -7.83. The number of fused-ring (bicyclic) bond motifs is 3. The number of sulfonamides is 3. The number of hydrogen-bond donors (Lipinski definition) is 12. The summed E-state index contributed by atoms with van der Waals surface area (Å²) in [7, 11) is -7.67. The van der Waals surface area contributed by atoms with E-state index < -0.39 is 54.2 Å². The van der Waals surface area contributed by atoms with Crippen molar-refractivity contribution < 1.29 is 116 Å². The first-order valence-corrected chi connectivity index (χ1v) is 56.5. The Morgan fingerprint density at radius 3 is 0.886 bits per heavy atom. The molecular weight excluding hydrogens is 2120 g/mol. The number of nitrogens with zero attached hydrogens (tertiary/aromatic N) is 4. The summed E-state index contributed by atoms with van der Waals surface area (Å²) in [6, 6.07) is 29.4. The van der Waals surface area contributed by atoms with E-state index in [1.54, 1.807) is 66.7 Å². The van der Waals surface area contributed by atoms with E-state index in [0.29, 0.717) is 88.6 Å². The van der Waals surface area contributed by atoms with Gasteiger partial charge in [-0.2, -0.15) is 0 Å². The van der Waals surface area contributed by atoms with E-state index in [9.17, 15) is 54.0 Å². The monoisotopic (exact) mass is 2260 g/mol. The number of halogens is 6. The lowest BCUT2D eigenvalue weighted by Crippen LogP contribution is -2.46. The van der Waals surface area contributed by atoms with Crippen LogP contribution in [0, 0.1) is 5.92 Å². The summed E-state index contributed by atoms with van der Waals surface area (Å²) >= 11 is 38.9. The van der Waals surface area contributed by atoms with Crippen LogP contribution in [0.3, 0.4) is 0 Å². The van der Waals surface area contributed by atoms with Gasteiger partial charge in [0, 0.05) is 179 Å². The highest BCUT2D eigenvalue weighted by molar-refractivity contribution is 7.90. The zero-order valence-corrected chi connectivity index (χ0v) is 91.6. The van der Waals surface area contributed by atoms with E-state index in [4.69, 9.17) is 137 Å². The lowest BCUT2D eigenvalue weighted by atomic mass is 9.74. The van der Waals surface area contributed by atoms with Crippen LogP contribution >= 0.6 is 69.6 Å². The van der Waals surface area contributed by atoms with Gasteiger partial charge in [0.1, 0.15) is 0 Å². The summed E-state index contributed by atoms with van der Waals surface area (Å²) in [5, 5.41) is 25.0. The zero-order chi connectivity index (χ0) is 107. The molecule has 0 spiro atoms. The minimum atomic E-state index is -3.89. The summed E-state index contributed by atoms with van der Waals surface area (Å²) < 4.78 is 161. The van der Waals surface area contributed by atoms with Crippen LogP contribution in [0.1, 0.15) is 94.0 Å². The van der Waals surface area contributed by atoms with Crippen molar-refractivity contribution in [3.05, 3.63) is 189 Å². The first-order chi connectivity index (χ1) is 71.9. The third-order valence-electron chi connectivity index (χ3n) is 23.7. The standard InChI is InChI=1S/C99H144Cl6N16O25S3/c1-72-57-82(83-62-76(100)65-91(103)86(83)58-72)73-7-4-10-79(59-73)147(128,129)115-24-38-141-48-45-138-35-21-112-97(125)109-18-29-121(30-19-110-99(127)114-23-37-140-47-50-143-40-26-117-149(132,133)81-12-6-9-75(61-81)88-69-119(3)71-90-85(88)64-78(102)67-93(90)105)95(123)14-32-135-42-52-145-54-56-146-55-53-144-51-41-134-31-13-94(122)120(27-16-107-96(124)111-20-34-137-44-43-136-33-15-106)28-17-108-98(126)113-22-36-139-46-49-142-39-25-116-148(130,131)80-11-5-8-74(60-80)87-68-118(2)70-89-84(87)63-77(101)66-92(89)104/h4-12,59-67,72,82,87-88,115-117H,13-58,68-71,106H2,1-3H3,(H2,107,111,124)(H2,108,113,126)(H2,109,112,125)(H2,110,114,127)/t72?,82-,87-,88-/m0/s1. The van der Waals surface area contributed by atoms with E-state index in [0.717, 1.165) is 62.9 Å². The van der Waals surface area contributed by atoms with Gasteiger partial charge in [0.25, 0.3) is 0 Å². The van der Waals surface area contributed by atoms with Gasteiger partial charge < -0.3 is 129 Å². The molecular formula is C99H144Cl6N16O25S3. The van der Waals surface area contributed by atoms with Gasteiger partial charge in [-0.05, 0) is 156 Å². The number of likely N-dealkylation sites (N-methyl/N-ethyl adjacent to an activating group) is 2.